The van der Waals surface area contributed by atoms with Crippen molar-refractivity contribution in [3.63, 3.8) is 0 Å². The van der Waals surface area contributed by atoms with E-state index in [-0.39, 0.29) is 17.9 Å². The van der Waals surface area contributed by atoms with Crippen LogP contribution in [-0.4, -0.2) is 34.6 Å². The highest BCUT2D eigenvalue weighted by molar-refractivity contribution is 8.00. The lowest BCUT2D eigenvalue weighted by Crippen LogP contribution is -2.50. The molecule has 0 aromatic heterocycles. The second-order valence-electron chi connectivity index (χ2n) is 8.28. The Labute approximate surface area is 184 Å². The molecule has 1 saturated carbocycles. The third-order valence-corrected chi connectivity index (χ3v) is 6.68. The molecule has 0 aliphatic heterocycles. The first-order valence-electron chi connectivity index (χ1n) is 10.8. The molecule has 2 amide bonds. The van der Waals surface area contributed by atoms with Crippen LogP contribution in [0.25, 0.3) is 0 Å². The van der Waals surface area contributed by atoms with Crippen LogP contribution in [0.5, 0.6) is 0 Å². The molecule has 0 heterocycles. The summed E-state index contributed by atoms with van der Waals surface area (Å²) in [5.74, 6) is 0.245. The Morgan fingerprint density at radius 3 is 2.43 bits per heavy atom. The number of hydrogen-bond acceptors (Lipinski definition) is 3. The van der Waals surface area contributed by atoms with Crippen LogP contribution in [-0.2, 0) is 16.1 Å². The lowest BCUT2D eigenvalue weighted by Gasteiger charge is -2.30. The van der Waals surface area contributed by atoms with Crippen molar-refractivity contribution in [3.05, 3.63) is 65.2 Å². The third-order valence-electron chi connectivity index (χ3n) is 5.69. The molecule has 0 saturated heterocycles. The molecule has 1 fully saturated rings. The molecule has 1 aliphatic rings. The second-order valence-corrected chi connectivity index (χ2v) is 9.33. The fourth-order valence-electron chi connectivity index (χ4n) is 3.84. The van der Waals surface area contributed by atoms with Gasteiger partial charge in [-0.1, -0.05) is 60.4 Å². The number of aryl methyl sites for hydroxylation is 2. The third kappa shape index (κ3) is 6.36. The minimum atomic E-state index is -0.503. The first kappa shape index (κ1) is 22.4. The van der Waals surface area contributed by atoms with Gasteiger partial charge in [0.1, 0.15) is 6.04 Å². The van der Waals surface area contributed by atoms with Crippen LogP contribution < -0.4 is 5.32 Å². The molecule has 1 N–H and O–H groups in total. The molecule has 0 bridgehead atoms. The van der Waals surface area contributed by atoms with Gasteiger partial charge in [0.2, 0.25) is 11.8 Å². The Morgan fingerprint density at radius 1 is 1.07 bits per heavy atom. The van der Waals surface area contributed by atoms with Gasteiger partial charge in [-0.15, -0.1) is 11.8 Å². The normalized spacial score (nSPS) is 15.0. The Hall–Kier alpha value is -2.27. The fraction of sp³-hybridized carbons (Fsp3) is 0.440. The molecule has 4 nitrogen and oxygen atoms in total. The number of nitrogens with zero attached hydrogens (tertiary/aromatic N) is 1. The van der Waals surface area contributed by atoms with E-state index < -0.39 is 6.04 Å². The maximum atomic E-state index is 13.2. The molecular weight excluding hydrogens is 392 g/mol. The summed E-state index contributed by atoms with van der Waals surface area (Å²) in [6.45, 7) is 6.37. The quantitative estimate of drug-likeness (QED) is 0.615. The zero-order valence-corrected chi connectivity index (χ0v) is 19.0. The Morgan fingerprint density at radius 2 is 1.77 bits per heavy atom. The van der Waals surface area contributed by atoms with Gasteiger partial charge in [0.05, 0.1) is 5.75 Å². The highest BCUT2D eigenvalue weighted by Crippen LogP contribution is 2.21. The lowest BCUT2D eigenvalue weighted by atomic mass is 10.1. The molecule has 160 valence electrons. The molecule has 2 aromatic carbocycles. The number of amides is 2. The summed E-state index contributed by atoms with van der Waals surface area (Å²) in [4.78, 5) is 28.9. The molecule has 0 radical (unpaired) electrons. The van der Waals surface area contributed by atoms with Gasteiger partial charge in [0.25, 0.3) is 0 Å². The zero-order chi connectivity index (χ0) is 21.5. The van der Waals surface area contributed by atoms with Gasteiger partial charge in [-0.3, -0.25) is 9.59 Å². The van der Waals surface area contributed by atoms with E-state index in [4.69, 9.17) is 0 Å². The summed E-state index contributed by atoms with van der Waals surface area (Å²) in [5.41, 5.74) is 3.39. The number of benzene rings is 2. The van der Waals surface area contributed by atoms with Crippen molar-refractivity contribution in [3.8, 4) is 0 Å². The Kier molecular flexibility index (Phi) is 7.97. The fourth-order valence-corrected chi connectivity index (χ4v) is 4.63. The first-order valence-corrected chi connectivity index (χ1v) is 11.8. The zero-order valence-electron chi connectivity index (χ0n) is 18.2. The summed E-state index contributed by atoms with van der Waals surface area (Å²) in [6.07, 6.45) is 4.40. The van der Waals surface area contributed by atoms with Crippen LogP contribution in [0.1, 0.15) is 49.3 Å². The summed E-state index contributed by atoms with van der Waals surface area (Å²) < 4.78 is 0. The number of thioether (sulfide) groups is 1. The number of carbonyl (C=O) groups is 2. The number of hydrogen-bond donors (Lipinski definition) is 1. The second kappa shape index (κ2) is 10.7. The maximum Gasteiger partial charge on any atom is 0.242 e. The molecule has 5 heteroatoms. The summed E-state index contributed by atoms with van der Waals surface area (Å²) >= 11 is 1.52. The van der Waals surface area contributed by atoms with E-state index in [9.17, 15) is 9.59 Å². The average Bonchev–Trinajstić information content (AvgIpc) is 3.24. The molecule has 1 aliphatic carbocycles. The van der Waals surface area contributed by atoms with E-state index >= 15 is 0 Å². The van der Waals surface area contributed by atoms with Crippen molar-refractivity contribution in [2.45, 2.75) is 70.0 Å². The van der Waals surface area contributed by atoms with E-state index in [1.54, 1.807) is 4.90 Å². The molecule has 2 aromatic rings. The first-order chi connectivity index (χ1) is 14.4. The van der Waals surface area contributed by atoms with Crippen LogP contribution in [0.3, 0.4) is 0 Å². The van der Waals surface area contributed by atoms with E-state index in [2.05, 4.69) is 23.5 Å². The summed E-state index contributed by atoms with van der Waals surface area (Å²) in [6, 6.07) is 16.1. The van der Waals surface area contributed by atoms with Crippen LogP contribution in [0.15, 0.2) is 53.4 Å². The maximum absolute atomic E-state index is 13.2. The van der Waals surface area contributed by atoms with Gasteiger partial charge >= 0.3 is 0 Å². The average molecular weight is 425 g/mol. The van der Waals surface area contributed by atoms with Gasteiger partial charge in [-0.25, -0.2) is 0 Å². The SMILES string of the molecule is Cc1ccc(SCC(=O)N(Cc2cccc(C)c2)[C@H](C)C(=O)NC2CCCC2)cc1. The molecule has 30 heavy (non-hydrogen) atoms. The van der Waals surface area contributed by atoms with E-state index in [0.717, 1.165) is 28.9 Å². The van der Waals surface area contributed by atoms with E-state index in [1.165, 1.54) is 30.2 Å². The van der Waals surface area contributed by atoms with Gasteiger partial charge in [-0.05, 0) is 51.3 Å². The van der Waals surface area contributed by atoms with Crippen LogP contribution >= 0.6 is 11.8 Å². The van der Waals surface area contributed by atoms with Crippen molar-refractivity contribution < 1.29 is 9.59 Å². The van der Waals surface area contributed by atoms with Crippen molar-refractivity contribution in [1.29, 1.82) is 0 Å². The van der Waals surface area contributed by atoms with Crippen molar-refractivity contribution >= 4 is 23.6 Å². The van der Waals surface area contributed by atoms with Crippen LogP contribution in [0.2, 0.25) is 0 Å². The van der Waals surface area contributed by atoms with Crippen molar-refractivity contribution in [2.75, 3.05) is 5.75 Å². The summed E-state index contributed by atoms with van der Waals surface area (Å²) in [7, 11) is 0. The molecule has 3 rings (SSSR count). The van der Waals surface area contributed by atoms with Gasteiger partial charge in [0.15, 0.2) is 0 Å². The molecule has 0 unspecified atom stereocenters. The number of nitrogens with one attached hydrogen (secondary N) is 1. The highest BCUT2D eigenvalue weighted by atomic mass is 32.2. The predicted molar refractivity (Wildman–Crippen MR) is 123 cm³/mol. The predicted octanol–water partition coefficient (Wildman–Crippen LogP) is 4.87. The van der Waals surface area contributed by atoms with Crippen LogP contribution in [0, 0.1) is 13.8 Å². The molecule has 1 atom stereocenters. The standard InChI is InChI=1S/C25H32N2O2S/c1-18-11-13-23(14-12-18)30-17-24(28)27(16-21-8-6-7-19(2)15-21)20(3)25(29)26-22-9-4-5-10-22/h6-8,11-15,20,22H,4-5,9-10,16-17H2,1-3H3,(H,26,29)/t20-/m1/s1. The van der Waals surface area contributed by atoms with Crippen molar-refractivity contribution in [2.24, 2.45) is 0 Å². The van der Waals surface area contributed by atoms with Crippen LogP contribution in [0.4, 0.5) is 0 Å². The van der Waals surface area contributed by atoms with E-state index in [0.29, 0.717) is 12.3 Å². The Balaban J connectivity index is 1.70. The van der Waals surface area contributed by atoms with Gasteiger partial charge in [0, 0.05) is 17.5 Å². The monoisotopic (exact) mass is 424 g/mol. The van der Waals surface area contributed by atoms with Gasteiger partial charge < -0.3 is 10.2 Å². The topological polar surface area (TPSA) is 49.4 Å². The minimum Gasteiger partial charge on any atom is -0.352 e. The van der Waals surface area contributed by atoms with E-state index in [1.807, 2.05) is 51.1 Å². The lowest BCUT2D eigenvalue weighted by molar-refractivity contribution is -0.138. The smallest absolute Gasteiger partial charge is 0.242 e. The number of rotatable bonds is 8. The minimum absolute atomic E-state index is 0.0175. The Bertz CT molecular complexity index is 860. The molecule has 0 spiro atoms. The molecular formula is C25H32N2O2S. The highest BCUT2D eigenvalue weighted by Gasteiger charge is 2.28. The largest absolute Gasteiger partial charge is 0.352 e. The van der Waals surface area contributed by atoms with Gasteiger partial charge in [-0.2, -0.15) is 0 Å². The number of carbonyl (C=O) groups excluding carboxylic acids is 2. The summed E-state index contributed by atoms with van der Waals surface area (Å²) in [5, 5.41) is 3.15. The van der Waals surface area contributed by atoms with Crippen molar-refractivity contribution in [1.82, 2.24) is 10.2 Å².